The maximum atomic E-state index is 12.4. The first-order valence-corrected chi connectivity index (χ1v) is 9.28. The number of likely N-dealkylation sites (N-methyl/N-ethyl adjacent to an activating group) is 2. The van der Waals surface area contributed by atoms with Crippen molar-refractivity contribution in [3.63, 3.8) is 0 Å². The molecule has 2 rings (SSSR count). The highest BCUT2D eigenvalue weighted by atomic mass is 79.9. The molecule has 1 aromatic rings. The highest BCUT2D eigenvalue weighted by molar-refractivity contribution is 9.10. The first-order chi connectivity index (χ1) is 9.79. The monoisotopic (exact) mass is 395 g/mol. The second-order valence-corrected chi connectivity index (χ2v) is 8.38. The Morgan fingerprint density at radius 1 is 1.38 bits per heavy atom. The summed E-state index contributed by atoms with van der Waals surface area (Å²) in [5.74, 6) is 0. The Balaban J connectivity index is 2.07. The molecule has 8 heteroatoms. The molecular weight excluding hydrogens is 378 g/mol. The van der Waals surface area contributed by atoms with E-state index in [1.54, 1.807) is 12.1 Å². The third-order valence-corrected chi connectivity index (χ3v) is 6.07. The number of hydrogen-bond donors (Lipinski definition) is 1. The molecule has 0 radical (unpaired) electrons. The fourth-order valence-corrected chi connectivity index (χ4v) is 4.41. The van der Waals surface area contributed by atoms with Crippen LogP contribution in [0.15, 0.2) is 27.6 Å². The van der Waals surface area contributed by atoms with Gasteiger partial charge in [0.2, 0.25) is 10.0 Å². The normalized spacial score (nSPS) is 21.6. The second-order valence-electron chi connectivity index (χ2n) is 5.32. The Bertz CT molecular complexity index is 611. The fraction of sp³-hybridized carbons (Fsp3) is 0.538. The molecule has 0 spiro atoms. The van der Waals surface area contributed by atoms with E-state index in [1.807, 2.05) is 14.1 Å². The molecule has 21 heavy (non-hydrogen) atoms. The van der Waals surface area contributed by atoms with E-state index in [9.17, 15) is 8.42 Å². The lowest BCUT2D eigenvalue weighted by Gasteiger charge is -2.37. The van der Waals surface area contributed by atoms with Gasteiger partial charge in [-0.05, 0) is 32.3 Å². The van der Waals surface area contributed by atoms with Crippen LogP contribution in [-0.4, -0.2) is 64.5 Å². The lowest BCUT2D eigenvalue weighted by atomic mass is 10.2. The molecular formula is C13H19BrClN3O2S. The third kappa shape index (κ3) is 4.40. The topological polar surface area (TPSA) is 52.6 Å². The standard InChI is InChI=1S/C13H19BrClN3O2S/c1-17-5-6-18(2)11(9-17)8-16-21(19,20)13-4-3-10(14)7-12(13)15/h3-4,7,11,16H,5-6,8-9H2,1-2H3. The number of halogens is 2. The van der Waals surface area contributed by atoms with Crippen LogP contribution in [0.25, 0.3) is 0 Å². The zero-order valence-electron chi connectivity index (χ0n) is 12.0. The molecule has 5 nitrogen and oxygen atoms in total. The van der Waals surface area contributed by atoms with Gasteiger partial charge < -0.3 is 4.90 Å². The predicted octanol–water partition coefficient (Wildman–Crippen LogP) is 1.63. The highest BCUT2D eigenvalue weighted by Gasteiger charge is 2.25. The largest absolute Gasteiger partial charge is 0.303 e. The molecule has 118 valence electrons. The van der Waals surface area contributed by atoms with Gasteiger partial charge in [-0.25, -0.2) is 13.1 Å². The van der Waals surface area contributed by atoms with Crippen molar-refractivity contribution in [2.75, 3.05) is 40.3 Å². The zero-order valence-corrected chi connectivity index (χ0v) is 15.2. The maximum absolute atomic E-state index is 12.4. The van der Waals surface area contributed by atoms with Gasteiger partial charge >= 0.3 is 0 Å². The third-order valence-electron chi connectivity index (χ3n) is 3.67. The van der Waals surface area contributed by atoms with E-state index in [2.05, 4.69) is 30.5 Å². The Labute approximate surface area is 139 Å². The number of nitrogens with zero attached hydrogens (tertiary/aromatic N) is 2. The van der Waals surface area contributed by atoms with Crippen LogP contribution in [0.3, 0.4) is 0 Å². The van der Waals surface area contributed by atoms with Crippen molar-refractivity contribution in [1.82, 2.24) is 14.5 Å². The van der Waals surface area contributed by atoms with Crippen LogP contribution in [0, 0.1) is 0 Å². The van der Waals surface area contributed by atoms with E-state index < -0.39 is 10.0 Å². The van der Waals surface area contributed by atoms with Crippen LogP contribution in [0.1, 0.15) is 0 Å². The number of nitrogens with one attached hydrogen (secondary N) is 1. The molecule has 1 saturated heterocycles. The van der Waals surface area contributed by atoms with Gasteiger partial charge in [0.15, 0.2) is 0 Å². The molecule has 0 aliphatic carbocycles. The highest BCUT2D eigenvalue weighted by Crippen LogP contribution is 2.25. The first kappa shape index (κ1) is 17.2. The van der Waals surface area contributed by atoms with Crippen molar-refractivity contribution in [3.8, 4) is 0 Å². The summed E-state index contributed by atoms with van der Waals surface area (Å²) in [6.07, 6.45) is 0. The summed E-state index contributed by atoms with van der Waals surface area (Å²) in [6, 6.07) is 4.91. The molecule has 1 aliphatic heterocycles. The Morgan fingerprint density at radius 2 is 2.10 bits per heavy atom. The van der Waals surface area contributed by atoms with Crippen LogP contribution in [0.2, 0.25) is 5.02 Å². The van der Waals surface area contributed by atoms with E-state index in [1.165, 1.54) is 6.07 Å². The number of rotatable bonds is 4. The molecule has 0 aromatic heterocycles. The van der Waals surface area contributed by atoms with Gasteiger partial charge in [-0.3, -0.25) is 4.90 Å². The van der Waals surface area contributed by atoms with Gasteiger partial charge in [0, 0.05) is 36.7 Å². The molecule has 1 heterocycles. The van der Waals surface area contributed by atoms with Crippen molar-refractivity contribution >= 4 is 37.6 Å². The minimum atomic E-state index is -3.60. The van der Waals surface area contributed by atoms with Crippen molar-refractivity contribution < 1.29 is 8.42 Å². The van der Waals surface area contributed by atoms with E-state index in [-0.39, 0.29) is 16.0 Å². The van der Waals surface area contributed by atoms with E-state index in [4.69, 9.17) is 11.6 Å². The summed E-state index contributed by atoms with van der Waals surface area (Å²) in [5, 5.41) is 0.214. The van der Waals surface area contributed by atoms with Gasteiger partial charge in [0.25, 0.3) is 0 Å². The second kappa shape index (κ2) is 6.93. The predicted molar refractivity (Wildman–Crippen MR) is 88.3 cm³/mol. The van der Waals surface area contributed by atoms with E-state index in [0.29, 0.717) is 6.54 Å². The van der Waals surface area contributed by atoms with E-state index >= 15 is 0 Å². The summed E-state index contributed by atoms with van der Waals surface area (Å²) in [7, 11) is 0.458. The van der Waals surface area contributed by atoms with Crippen LogP contribution >= 0.6 is 27.5 Å². The fourth-order valence-electron chi connectivity index (χ4n) is 2.30. The van der Waals surface area contributed by atoms with Crippen LogP contribution in [0.4, 0.5) is 0 Å². The van der Waals surface area contributed by atoms with Gasteiger partial charge in [-0.2, -0.15) is 0 Å². The quantitative estimate of drug-likeness (QED) is 0.840. The van der Waals surface area contributed by atoms with Crippen molar-refractivity contribution in [3.05, 3.63) is 27.7 Å². The summed E-state index contributed by atoms with van der Waals surface area (Å²) in [4.78, 5) is 4.48. The molecule has 0 bridgehead atoms. The first-order valence-electron chi connectivity index (χ1n) is 6.63. The SMILES string of the molecule is CN1CCN(C)C(CNS(=O)(=O)c2ccc(Br)cc2Cl)C1. The van der Waals surface area contributed by atoms with E-state index in [0.717, 1.165) is 24.1 Å². The van der Waals surface area contributed by atoms with Gasteiger partial charge in [0.1, 0.15) is 4.90 Å². The number of hydrogen-bond acceptors (Lipinski definition) is 4. The lowest BCUT2D eigenvalue weighted by molar-refractivity contribution is 0.117. The lowest BCUT2D eigenvalue weighted by Crippen LogP contribution is -2.54. The summed E-state index contributed by atoms with van der Waals surface area (Å²) in [5.41, 5.74) is 0. The number of benzene rings is 1. The molecule has 0 amide bonds. The summed E-state index contributed by atoms with van der Waals surface area (Å²) in [6.45, 7) is 3.14. The van der Waals surface area contributed by atoms with Crippen molar-refractivity contribution in [2.45, 2.75) is 10.9 Å². The minimum absolute atomic E-state index is 0.110. The van der Waals surface area contributed by atoms with Crippen molar-refractivity contribution in [1.29, 1.82) is 0 Å². The van der Waals surface area contributed by atoms with Crippen LogP contribution < -0.4 is 4.72 Å². The maximum Gasteiger partial charge on any atom is 0.242 e. The minimum Gasteiger partial charge on any atom is -0.303 e. The van der Waals surface area contributed by atoms with Gasteiger partial charge in [0.05, 0.1) is 5.02 Å². The molecule has 1 atom stereocenters. The smallest absolute Gasteiger partial charge is 0.242 e. The Hall–Kier alpha value is -0.180. The number of piperazine rings is 1. The Kier molecular flexibility index (Phi) is 5.67. The average molecular weight is 397 g/mol. The summed E-state index contributed by atoms with van der Waals surface area (Å²) < 4.78 is 28.1. The Morgan fingerprint density at radius 3 is 2.76 bits per heavy atom. The molecule has 0 saturated carbocycles. The molecule has 1 N–H and O–H groups in total. The average Bonchev–Trinajstić information content (AvgIpc) is 2.39. The number of sulfonamides is 1. The van der Waals surface area contributed by atoms with Crippen LogP contribution in [-0.2, 0) is 10.0 Å². The van der Waals surface area contributed by atoms with Crippen molar-refractivity contribution in [2.24, 2.45) is 0 Å². The molecule has 1 aliphatic rings. The van der Waals surface area contributed by atoms with Gasteiger partial charge in [-0.1, -0.05) is 27.5 Å². The van der Waals surface area contributed by atoms with Gasteiger partial charge in [-0.15, -0.1) is 0 Å². The van der Waals surface area contributed by atoms with Crippen LogP contribution in [0.5, 0.6) is 0 Å². The summed E-state index contributed by atoms with van der Waals surface area (Å²) >= 11 is 9.29. The molecule has 1 fully saturated rings. The zero-order chi connectivity index (χ0) is 15.6. The molecule has 1 unspecified atom stereocenters. The molecule has 1 aromatic carbocycles.